The number of fused-ring (bicyclic) bond motifs is 1. The lowest BCUT2D eigenvalue weighted by atomic mass is 10.1. The lowest BCUT2D eigenvalue weighted by Crippen LogP contribution is -2.27. The molecule has 4 rings (SSSR count). The van der Waals surface area contributed by atoms with Crippen LogP contribution in [-0.2, 0) is 0 Å². The first-order valence-electron chi connectivity index (χ1n) is 9.34. The third kappa shape index (κ3) is 3.40. The molecule has 2 aromatic carbocycles. The summed E-state index contributed by atoms with van der Waals surface area (Å²) in [7, 11) is 3.08. The number of hydrogen-bond donors (Lipinski definition) is 1. The van der Waals surface area contributed by atoms with Gasteiger partial charge in [-0.2, -0.15) is 0 Å². The van der Waals surface area contributed by atoms with Crippen LogP contribution in [0.5, 0.6) is 11.5 Å². The zero-order valence-corrected chi connectivity index (χ0v) is 17.0. The van der Waals surface area contributed by atoms with Gasteiger partial charge in [0.25, 0.3) is 11.5 Å². The van der Waals surface area contributed by atoms with Crippen LogP contribution in [0, 0.1) is 4.77 Å². The molecule has 1 aliphatic rings. The molecule has 2 heterocycles. The Morgan fingerprint density at radius 1 is 1.07 bits per heavy atom. The van der Waals surface area contributed by atoms with Crippen molar-refractivity contribution in [2.45, 2.75) is 12.8 Å². The Morgan fingerprint density at radius 3 is 2.52 bits per heavy atom. The van der Waals surface area contributed by atoms with Gasteiger partial charge >= 0.3 is 0 Å². The number of nitrogens with one attached hydrogen (secondary N) is 1. The Hall–Kier alpha value is -3.13. The summed E-state index contributed by atoms with van der Waals surface area (Å²) in [4.78, 5) is 30.8. The molecule has 0 spiro atoms. The van der Waals surface area contributed by atoms with Crippen LogP contribution in [0.2, 0.25) is 0 Å². The number of nitrogens with zero attached hydrogens (tertiary/aromatic N) is 2. The minimum absolute atomic E-state index is 0.0256. The fraction of sp³-hybridized carbons (Fsp3) is 0.286. The van der Waals surface area contributed by atoms with E-state index >= 15 is 0 Å². The van der Waals surface area contributed by atoms with Crippen molar-refractivity contribution in [1.29, 1.82) is 0 Å². The van der Waals surface area contributed by atoms with Gasteiger partial charge in [0.1, 0.15) is 11.5 Å². The highest BCUT2D eigenvalue weighted by Crippen LogP contribution is 2.27. The minimum Gasteiger partial charge on any atom is -0.497 e. The topological polar surface area (TPSA) is 76.6 Å². The molecular formula is C21H21N3O4S. The molecule has 1 N–H and O–H groups in total. The van der Waals surface area contributed by atoms with Gasteiger partial charge in [0, 0.05) is 24.7 Å². The summed E-state index contributed by atoms with van der Waals surface area (Å²) in [5.41, 5.74) is 1.26. The Kier molecular flexibility index (Phi) is 5.10. The van der Waals surface area contributed by atoms with Crippen molar-refractivity contribution in [3.8, 4) is 17.2 Å². The van der Waals surface area contributed by atoms with Gasteiger partial charge in [-0.15, -0.1) is 0 Å². The second-order valence-electron chi connectivity index (χ2n) is 6.87. The fourth-order valence-corrected chi connectivity index (χ4v) is 3.94. The Balaban J connectivity index is 1.86. The first kappa shape index (κ1) is 19.2. The summed E-state index contributed by atoms with van der Waals surface area (Å²) in [5.74, 6) is 1.05. The summed E-state index contributed by atoms with van der Waals surface area (Å²) < 4.78 is 12.3. The number of carbonyl (C=O) groups is 1. The van der Waals surface area contributed by atoms with E-state index in [0.717, 1.165) is 25.9 Å². The van der Waals surface area contributed by atoms with E-state index in [4.69, 9.17) is 21.7 Å². The Morgan fingerprint density at radius 2 is 1.83 bits per heavy atom. The molecule has 150 valence electrons. The van der Waals surface area contributed by atoms with Crippen molar-refractivity contribution in [3.63, 3.8) is 0 Å². The fourth-order valence-electron chi connectivity index (χ4n) is 3.64. The highest BCUT2D eigenvalue weighted by atomic mass is 32.1. The van der Waals surface area contributed by atoms with Gasteiger partial charge in [0.2, 0.25) is 0 Å². The minimum atomic E-state index is -0.296. The summed E-state index contributed by atoms with van der Waals surface area (Å²) >= 11 is 5.47. The molecule has 8 heteroatoms. The van der Waals surface area contributed by atoms with E-state index in [1.54, 1.807) is 43.5 Å². The van der Waals surface area contributed by atoms with E-state index in [0.29, 0.717) is 33.7 Å². The van der Waals surface area contributed by atoms with Gasteiger partial charge in [0.15, 0.2) is 4.77 Å². The third-order valence-corrected chi connectivity index (χ3v) is 5.45. The second-order valence-corrected chi connectivity index (χ2v) is 7.25. The second kappa shape index (κ2) is 7.71. The molecule has 0 saturated carbocycles. The maximum atomic E-state index is 13.2. The number of hydrogen-bond acceptors (Lipinski definition) is 5. The smallest absolute Gasteiger partial charge is 0.266 e. The molecule has 1 fully saturated rings. The molecule has 0 bridgehead atoms. The summed E-state index contributed by atoms with van der Waals surface area (Å²) in [6, 6.07) is 10.2. The molecule has 0 aliphatic carbocycles. The number of carbonyl (C=O) groups excluding carboxylic acids is 1. The predicted octanol–water partition coefficient (Wildman–Crippen LogP) is 3.30. The van der Waals surface area contributed by atoms with E-state index in [-0.39, 0.29) is 16.2 Å². The number of aromatic nitrogens is 2. The van der Waals surface area contributed by atoms with Crippen LogP contribution in [-0.4, -0.2) is 47.7 Å². The Labute approximate surface area is 172 Å². The van der Waals surface area contributed by atoms with Crippen LogP contribution in [0.15, 0.2) is 41.2 Å². The lowest BCUT2D eigenvalue weighted by Gasteiger charge is -2.16. The summed E-state index contributed by atoms with van der Waals surface area (Å²) in [6.07, 6.45) is 2.05. The van der Waals surface area contributed by atoms with E-state index in [9.17, 15) is 9.59 Å². The predicted molar refractivity (Wildman–Crippen MR) is 113 cm³/mol. The third-order valence-electron chi connectivity index (χ3n) is 5.16. The van der Waals surface area contributed by atoms with Gasteiger partial charge in [-0.1, -0.05) is 0 Å². The van der Waals surface area contributed by atoms with Crippen LogP contribution in [0.3, 0.4) is 0 Å². The first-order chi connectivity index (χ1) is 14.0. The molecular weight excluding hydrogens is 390 g/mol. The number of H-pyrrole nitrogens is 1. The van der Waals surface area contributed by atoms with E-state index in [2.05, 4.69) is 4.98 Å². The Bertz CT molecular complexity index is 1210. The number of methoxy groups -OCH3 is 2. The highest BCUT2D eigenvalue weighted by Gasteiger charge is 2.20. The number of benzene rings is 2. The van der Waals surface area contributed by atoms with Crippen LogP contribution in [0.25, 0.3) is 16.6 Å². The molecule has 0 radical (unpaired) electrons. The van der Waals surface area contributed by atoms with Crippen molar-refractivity contribution in [2.24, 2.45) is 0 Å². The zero-order chi connectivity index (χ0) is 20.5. The summed E-state index contributed by atoms with van der Waals surface area (Å²) in [5, 5.41) is 0.432. The van der Waals surface area contributed by atoms with Gasteiger partial charge in [0.05, 0.1) is 30.8 Å². The van der Waals surface area contributed by atoms with Gasteiger partial charge in [-0.05, 0) is 55.4 Å². The van der Waals surface area contributed by atoms with Crippen molar-refractivity contribution in [1.82, 2.24) is 14.5 Å². The van der Waals surface area contributed by atoms with Crippen LogP contribution < -0.4 is 15.0 Å². The number of aromatic amines is 1. The number of amides is 1. The first-order valence-corrected chi connectivity index (χ1v) is 9.75. The molecule has 3 aromatic rings. The summed E-state index contributed by atoms with van der Waals surface area (Å²) in [6.45, 7) is 1.54. The van der Waals surface area contributed by atoms with E-state index in [1.807, 2.05) is 4.90 Å². The average Bonchev–Trinajstić information content (AvgIpc) is 3.27. The quantitative estimate of drug-likeness (QED) is 0.667. The standard InChI is InChI=1S/C21H21N3O4S/c1-27-14-6-8-18(28-2)17(12-14)24-20(26)15-7-5-13(11-16(15)22-21(24)29)19(25)23-9-3-4-10-23/h5-8,11-12H,3-4,9-10H2,1-2H3,(H,22,29). The van der Waals surface area contributed by atoms with Crippen LogP contribution in [0.4, 0.5) is 0 Å². The van der Waals surface area contributed by atoms with Crippen molar-refractivity contribution < 1.29 is 14.3 Å². The monoisotopic (exact) mass is 411 g/mol. The lowest BCUT2D eigenvalue weighted by molar-refractivity contribution is 0.0793. The highest BCUT2D eigenvalue weighted by molar-refractivity contribution is 7.71. The SMILES string of the molecule is COc1ccc(OC)c(-n2c(=S)[nH]c3cc(C(=O)N4CCCC4)ccc3c2=O)c1. The number of rotatable bonds is 4. The number of ether oxygens (including phenoxy) is 2. The van der Waals surface area contributed by atoms with Crippen molar-refractivity contribution in [2.75, 3.05) is 27.3 Å². The van der Waals surface area contributed by atoms with Crippen LogP contribution >= 0.6 is 12.2 Å². The normalized spacial score (nSPS) is 13.7. The van der Waals surface area contributed by atoms with Gasteiger partial charge < -0.3 is 19.4 Å². The van der Waals surface area contributed by atoms with Crippen molar-refractivity contribution in [3.05, 3.63) is 57.1 Å². The van der Waals surface area contributed by atoms with E-state index in [1.165, 1.54) is 11.7 Å². The molecule has 0 unspecified atom stereocenters. The molecule has 1 aromatic heterocycles. The molecule has 1 aliphatic heterocycles. The molecule has 29 heavy (non-hydrogen) atoms. The van der Waals surface area contributed by atoms with Gasteiger partial charge in [-0.25, -0.2) is 4.57 Å². The largest absolute Gasteiger partial charge is 0.497 e. The maximum absolute atomic E-state index is 13.2. The van der Waals surface area contributed by atoms with Crippen LogP contribution in [0.1, 0.15) is 23.2 Å². The van der Waals surface area contributed by atoms with Gasteiger partial charge in [-0.3, -0.25) is 9.59 Å². The maximum Gasteiger partial charge on any atom is 0.266 e. The number of likely N-dealkylation sites (tertiary alicyclic amines) is 1. The van der Waals surface area contributed by atoms with E-state index < -0.39 is 0 Å². The average molecular weight is 411 g/mol. The van der Waals surface area contributed by atoms with Crippen molar-refractivity contribution >= 4 is 29.0 Å². The molecule has 0 atom stereocenters. The molecule has 1 amide bonds. The zero-order valence-electron chi connectivity index (χ0n) is 16.2. The molecule has 1 saturated heterocycles. The molecule has 7 nitrogen and oxygen atoms in total.